The minimum absolute atomic E-state index is 0.240. The summed E-state index contributed by atoms with van der Waals surface area (Å²) >= 11 is 2.06. The third kappa shape index (κ3) is 4.86. The molecule has 2 heterocycles. The molecule has 10 heteroatoms. The number of nitrogens with one attached hydrogen (secondary N) is 3. The van der Waals surface area contributed by atoms with Gasteiger partial charge >= 0.3 is 12.2 Å². The molecular weight excluding hydrogens is 492 g/mol. The minimum Gasteiger partial charge on any atom is -0.344 e. The van der Waals surface area contributed by atoms with Crippen molar-refractivity contribution in [2.24, 2.45) is 0 Å². The highest BCUT2D eigenvalue weighted by Crippen LogP contribution is 2.30. The van der Waals surface area contributed by atoms with Crippen molar-refractivity contribution < 1.29 is 18.0 Å². The number of fused-ring (bicyclic) bond motifs is 1. The van der Waals surface area contributed by atoms with Crippen molar-refractivity contribution in [1.29, 1.82) is 0 Å². The summed E-state index contributed by atoms with van der Waals surface area (Å²) in [5.74, 6) is 2.92. The lowest BCUT2D eigenvalue weighted by Gasteiger charge is -2.09. The Bertz CT molecular complexity index is 1040. The maximum absolute atomic E-state index is 12.6. The van der Waals surface area contributed by atoms with Gasteiger partial charge < -0.3 is 15.6 Å². The Labute approximate surface area is 168 Å². The quantitative estimate of drug-likeness (QED) is 0.315. The first-order valence-corrected chi connectivity index (χ1v) is 10.7. The number of alkyl halides is 3. The van der Waals surface area contributed by atoms with Gasteiger partial charge in [0, 0.05) is 50.2 Å². The SMILES string of the molecule is O=C(Nc1ccc(C(F)(F)F)cc1)Nc1c[nH]c2ncc(C#CSI)cc12. The van der Waals surface area contributed by atoms with E-state index in [1.165, 1.54) is 21.1 Å². The zero-order valence-electron chi connectivity index (χ0n) is 13.3. The maximum Gasteiger partial charge on any atom is 0.416 e. The number of carbonyl (C=O) groups is 1. The predicted molar refractivity (Wildman–Crippen MR) is 109 cm³/mol. The molecule has 2 aromatic heterocycles. The number of nitrogens with zero attached hydrogens (tertiary/aromatic N) is 1. The van der Waals surface area contributed by atoms with Crippen LogP contribution < -0.4 is 10.6 Å². The van der Waals surface area contributed by atoms with Crippen molar-refractivity contribution in [2.75, 3.05) is 10.6 Å². The summed E-state index contributed by atoms with van der Waals surface area (Å²) in [6.45, 7) is 0. The van der Waals surface area contributed by atoms with Gasteiger partial charge in [-0.25, -0.2) is 9.78 Å². The second-order valence-electron chi connectivity index (χ2n) is 5.28. The van der Waals surface area contributed by atoms with Gasteiger partial charge in [-0.1, -0.05) is 5.92 Å². The molecule has 0 spiro atoms. The number of halogens is 4. The topological polar surface area (TPSA) is 69.8 Å². The number of benzene rings is 1. The highest BCUT2D eigenvalue weighted by Gasteiger charge is 2.29. The molecule has 3 aromatic rings. The van der Waals surface area contributed by atoms with Crippen molar-refractivity contribution in [1.82, 2.24) is 9.97 Å². The summed E-state index contributed by atoms with van der Waals surface area (Å²) in [5, 5.41) is 8.65. The van der Waals surface area contributed by atoms with Crippen molar-refractivity contribution in [3.63, 3.8) is 0 Å². The van der Waals surface area contributed by atoms with Crippen molar-refractivity contribution in [2.45, 2.75) is 6.18 Å². The van der Waals surface area contributed by atoms with Crippen LogP contribution in [0, 0.1) is 11.2 Å². The second-order valence-corrected chi connectivity index (χ2v) is 6.96. The van der Waals surface area contributed by atoms with Crippen LogP contribution in [0.2, 0.25) is 0 Å². The lowest BCUT2D eigenvalue weighted by atomic mass is 10.2. The largest absolute Gasteiger partial charge is 0.416 e. The van der Waals surface area contributed by atoms with E-state index < -0.39 is 17.8 Å². The van der Waals surface area contributed by atoms with Crippen molar-refractivity contribution in [3.8, 4) is 11.2 Å². The standard InChI is InChI=1S/C17H10F3IN4OS/c18-17(19,20)11-1-3-12(4-2-11)24-16(26)25-14-9-23-15-13(14)7-10(8-22-15)5-6-27-21/h1-4,7-9H,(H,22,23)(H2,24,25,26). The Morgan fingerprint density at radius 1 is 1.22 bits per heavy atom. The smallest absolute Gasteiger partial charge is 0.344 e. The average Bonchev–Trinajstić information content (AvgIpc) is 3.01. The molecule has 0 atom stereocenters. The fraction of sp³-hybridized carbons (Fsp3) is 0.0588. The molecule has 0 bridgehead atoms. The molecule has 0 fully saturated rings. The van der Waals surface area contributed by atoms with Gasteiger partial charge in [-0.05, 0) is 44.5 Å². The van der Waals surface area contributed by atoms with E-state index in [1.807, 2.05) is 0 Å². The van der Waals surface area contributed by atoms with E-state index in [4.69, 9.17) is 0 Å². The molecule has 1 aromatic carbocycles. The van der Waals surface area contributed by atoms with Crippen LogP contribution in [0.15, 0.2) is 42.7 Å². The van der Waals surface area contributed by atoms with Crippen LogP contribution in [0.3, 0.4) is 0 Å². The van der Waals surface area contributed by atoms with Gasteiger partial charge in [-0.3, -0.25) is 0 Å². The lowest BCUT2D eigenvalue weighted by molar-refractivity contribution is -0.137. The van der Waals surface area contributed by atoms with Gasteiger partial charge in [0.15, 0.2) is 0 Å². The average molecular weight is 502 g/mol. The van der Waals surface area contributed by atoms with Crippen LogP contribution in [0.25, 0.3) is 11.0 Å². The van der Waals surface area contributed by atoms with Crippen LogP contribution in [-0.4, -0.2) is 16.0 Å². The number of urea groups is 1. The minimum atomic E-state index is -4.42. The number of pyridine rings is 1. The van der Waals surface area contributed by atoms with E-state index in [0.29, 0.717) is 22.3 Å². The molecule has 0 radical (unpaired) electrons. The normalized spacial score (nSPS) is 11.0. The Morgan fingerprint density at radius 3 is 2.63 bits per heavy atom. The van der Waals surface area contributed by atoms with Gasteiger partial charge in [-0.2, -0.15) is 13.2 Å². The Balaban J connectivity index is 1.74. The van der Waals surface area contributed by atoms with Gasteiger partial charge in [0.05, 0.1) is 11.3 Å². The fourth-order valence-electron chi connectivity index (χ4n) is 2.28. The molecule has 5 nitrogen and oxygen atoms in total. The molecular formula is C17H10F3IN4OS. The summed E-state index contributed by atoms with van der Waals surface area (Å²) in [6, 6.07) is 5.38. The Kier molecular flexibility index (Phi) is 5.81. The summed E-state index contributed by atoms with van der Waals surface area (Å²) in [6.07, 6.45) is -1.23. The number of aromatic nitrogens is 2. The number of rotatable bonds is 2. The summed E-state index contributed by atoms with van der Waals surface area (Å²) in [4.78, 5) is 19.3. The number of hydrogen-bond donors (Lipinski definition) is 3. The molecule has 0 saturated carbocycles. The van der Waals surface area contributed by atoms with Crippen molar-refractivity contribution >= 4 is 58.6 Å². The molecule has 2 amide bonds. The van der Waals surface area contributed by atoms with E-state index in [0.717, 1.165) is 12.1 Å². The number of H-pyrrole nitrogens is 1. The van der Waals surface area contributed by atoms with Gasteiger partial charge in [0.2, 0.25) is 0 Å². The molecule has 27 heavy (non-hydrogen) atoms. The lowest BCUT2D eigenvalue weighted by Crippen LogP contribution is -2.19. The first-order chi connectivity index (χ1) is 12.9. The first-order valence-electron chi connectivity index (χ1n) is 7.38. The first kappa shape index (κ1) is 19.4. The summed E-state index contributed by atoms with van der Waals surface area (Å²) < 4.78 is 37.7. The fourth-order valence-corrected chi connectivity index (χ4v) is 2.77. The molecule has 0 aliphatic rings. The number of anilines is 2. The number of hydrogen-bond acceptors (Lipinski definition) is 3. The van der Waals surface area contributed by atoms with Crippen LogP contribution in [-0.2, 0) is 6.18 Å². The molecule has 138 valence electrons. The van der Waals surface area contributed by atoms with Crippen LogP contribution in [0.1, 0.15) is 11.1 Å². The molecule has 0 saturated heterocycles. The van der Waals surface area contributed by atoms with E-state index in [1.54, 1.807) is 18.5 Å². The summed E-state index contributed by atoms with van der Waals surface area (Å²) in [7, 11) is 1.35. The highest BCUT2D eigenvalue weighted by molar-refractivity contribution is 14.2. The van der Waals surface area contributed by atoms with Gasteiger partial charge in [0.1, 0.15) is 5.65 Å². The van der Waals surface area contributed by atoms with Gasteiger partial charge in [0.25, 0.3) is 0 Å². The predicted octanol–water partition coefficient (Wildman–Crippen LogP) is 5.62. The zero-order valence-corrected chi connectivity index (χ0v) is 16.3. The summed E-state index contributed by atoms with van der Waals surface area (Å²) in [5.41, 5.74) is 1.20. The number of amides is 2. The van der Waals surface area contributed by atoms with E-state index in [9.17, 15) is 18.0 Å². The monoisotopic (exact) mass is 502 g/mol. The van der Waals surface area contributed by atoms with Crippen LogP contribution in [0.4, 0.5) is 29.3 Å². The Morgan fingerprint density at radius 2 is 1.96 bits per heavy atom. The van der Waals surface area contributed by atoms with E-state index in [-0.39, 0.29) is 5.69 Å². The molecule has 0 unspecified atom stereocenters. The Hall–Kier alpha value is -2.39. The van der Waals surface area contributed by atoms with Crippen molar-refractivity contribution in [3.05, 3.63) is 53.9 Å². The molecule has 3 N–H and O–H groups in total. The molecule has 3 rings (SSSR count). The van der Waals surface area contributed by atoms with Crippen LogP contribution in [0.5, 0.6) is 0 Å². The van der Waals surface area contributed by atoms with E-state index >= 15 is 0 Å². The third-order valence-electron chi connectivity index (χ3n) is 3.48. The number of carbonyl (C=O) groups excluding carboxylic acids is 1. The van der Waals surface area contributed by atoms with Crippen LogP contribution >= 0.6 is 30.1 Å². The zero-order chi connectivity index (χ0) is 19.4. The van der Waals surface area contributed by atoms with Gasteiger partial charge in [-0.15, -0.1) is 0 Å². The third-order valence-corrected chi connectivity index (χ3v) is 4.32. The number of aromatic amines is 1. The highest BCUT2D eigenvalue weighted by atomic mass is 127. The van der Waals surface area contributed by atoms with E-state index in [2.05, 4.69) is 53.0 Å². The molecule has 0 aliphatic heterocycles. The molecule has 0 aliphatic carbocycles. The second kappa shape index (κ2) is 8.10. The maximum atomic E-state index is 12.6.